The molecule has 1 fully saturated rings. The predicted octanol–water partition coefficient (Wildman–Crippen LogP) is 4.27. The summed E-state index contributed by atoms with van der Waals surface area (Å²) < 4.78 is 4.75. The molecule has 1 aliphatic rings. The highest BCUT2D eigenvalue weighted by Crippen LogP contribution is 2.20. The average molecular weight is 380 g/mol. The zero-order valence-corrected chi connectivity index (χ0v) is 16.8. The first-order valence-corrected chi connectivity index (χ1v) is 9.78. The molecule has 1 aliphatic heterocycles. The largest absolute Gasteiger partial charge is 0.465 e. The molecule has 1 atom stereocenters. The van der Waals surface area contributed by atoms with Crippen molar-refractivity contribution in [2.45, 2.75) is 33.2 Å². The number of piperidine rings is 1. The third-order valence-electron chi connectivity index (χ3n) is 5.27. The fourth-order valence-corrected chi connectivity index (χ4v) is 3.65. The number of nitrogens with one attached hydrogen (secondary N) is 1. The minimum absolute atomic E-state index is 0.191. The van der Waals surface area contributed by atoms with E-state index in [0.717, 1.165) is 31.1 Å². The van der Waals surface area contributed by atoms with Crippen molar-refractivity contribution in [1.82, 2.24) is 4.90 Å². The standard InChI is InChI=1S/C23H28N2O3/c1-16-5-4-12-25(14-16)15-18-7-10-19(11-8-18)22(26)24-21-13-20(23(27)28-3)9-6-17(21)2/h6-11,13,16H,4-5,12,14-15H2,1-3H3,(H,24,26)/t16-/m0/s1. The lowest BCUT2D eigenvalue weighted by molar-refractivity contribution is 0.0600. The van der Waals surface area contributed by atoms with Crippen LogP contribution in [0.4, 0.5) is 5.69 Å². The summed E-state index contributed by atoms with van der Waals surface area (Å²) in [5, 5.41) is 2.90. The molecule has 3 rings (SSSR count). The lowest BCUT2D eigenvalue weighted by Crippen LogP contribution is -2.33. The summed E-state index contributed by atoms with van der Waals surface area (Å²) >= 11 is 0. The highest BCUT2D eigenvalue weighted by Gasteiger charge is 2.16. The van der Waals surface area contributed by atoms with Gasteiger partial charge in [0.05, 0.1) is 12.7 Å². The molecule has 148 valence electrons. The number of carbonyl (C=O) groups excluding carboxylic acids is 2. The van der Waals surface area contributed by atoms with Gasteiger partial charge in [0.1, 0.15) is 0 Å². The van der Waals surface area contributed by atoms with Gasteiger partial charge in [-0.2, -0.15) is 0 Å². The first-order valence-electron chi connectivity index (χ1n) is 9.78. The van der Waals surface area contributed by atoms with Crippen LogP contribution in [0.1, 0.15) is 51.6 Å². The van der Waals surface area contributed by atoms with Crippen LogP contribution in [0.2, 0.25) is 0 Å². The second kappa shape index (κ2) is 9.02. The Hall–Kier alpha value is -2.66. The Morgan fingerprint density at radius 1 is 1.14 bits per heavy atom. The molecule has 0 unspecified atom stereocenters. The van der Waals surface area contributed by atoms with Gasteiger partial charge in [0.15, 0.2) is 0 Å². The summed E-state index contributed by atoms with van der Waals surface area (Å²) in [6.07, 6.45) is 2.57. The zero-order valence-electron chi connectivity index (χ0n) is 16.8. The molecule has 0 saturated carbocycles. The van der Waals surface area contributed by atoms with Gasteiger partial charge in [0.25, 0.3) is 5.91 Å². The SMILES string of the molecule is COC(=O)c1ccc(C)c(NC(=O)c2ccc(CN3CCC[C@H](C)C3)cc2)c1. The predicted molar refractivity (Wildman–Crippen MR) is 111 cm³/mol. The van der Waals surface area contributed by atoms with Gasteiger partial charge >= 0.3 is 5.97 Å². The third-order valence-corrected chi connectivity index (χ3v) is 5.27. The van der Waals surface area contributed by atoms with Crippen LogP contribution in [0.3, 0.4) is 0 Å². The molecule has 5 nitrogen and oxygen atoms in total. The maximum atomic E-state index is 12.6. The number of rotatable bonds is 5. The van der Waals surface area contributed by atoms with Gasteiger partial charge in [-0.15, -0.1) is 0 Å². The fraction of sp³-hybridized carbons (Fsp3) is 0.391. The highest BCUT2D eigenvalue weighted by molar-refractivity contribution is 6.05. The van der Waals surface area contributed by atoms with Crippen molar-refractivity contribution in [2.24, 2.45) is 5.92 Å². The lowest BCUT2D eigenvalue weighted by atomic mass is 9.99. The Labute approximate surface area is 166 Å². The van der Waals surface area contributed by atoms with Crippen molar-refractivity contribution in [1.29, 1.82) is 0 Å². The summed E-state index contributed by atoms with van der Waals surface area (Å²) in [6.45, 7) is 7.39. The summed E-state index contributed by atoms with van der Waals surface area (Å²) in [6, 6.07) is 12.9. The number of likely N-dealkylation sites (tertiary alicyclic amines) is 1. The van der Waals surface area contributed by atoms with Crippen LogP contribution in [0.15, 0.2) is 42.5 Å². The van der Waals surface area contributed by atoms with Crippen molar-refractivity contribution < 1.29 is 14.3 Å². The van der Waals surface area contributed by atoms with Crippen molar-refractivity contribution >= 4 is 17.6 Å². The van der Waals surface area contributed by atoms with Gasteiger partial charge < -0.3 is 10.1 Å². The van der Waals surface area contributed by atoms with Crippen molar-refractivity contribution in [2.75, 3.05) is 25.5 Å². The third kappa shape index (κ3) is 4.98. The summed E-state index contributed by atoms with van der Waals surface area (Å²) in [4.78, 5) is 26.8. The molecule has 1 N–H and O–H groups in total. The van der Waals surface area contributed by atoms with Crippen LogP contribution in [-0.4, -0.2) is 37.0 Å². The van der Waals surface area contributed by atoms with E-state index in [1.807, 2.05) is 31.2 Å². The Balaban J connectivity index is 1.65. The number of carbonyl (C=O) groups is 2. The number of nitrogens with zero attached hydrogens (tertiary/aromatic N) is 1. The molecule has 2 aromatic rings. The minimum atomic E-state index is -0.424. The van der Waals surface area contributed by atoms with Crippen molar-refractivity contribution in [3.8, 4) is 0 Å². The Morgan fingerprint density at radius 3 is 2.54 bits per heavy atom. The van der Waals surface area contributed by atoms with E-state index in [-0.39, 0.29) is 5.91 Å². The van der Waals surface area contributed by atoms with E-state index >= 15 is 0 Å². The lowest BCUT2D eigenvalue weighted by Gasteiger charge is -2.30. The van der Waals surface area contributed by atoms with E-state index in [0.29, 0.717) is 16.8 Å². The maximum absolute atomic E-state index is 12.6. The van der Waals surface area contributed by atoms with E-state index < -0.39 is 5.97 Å². The normalized spacial score (nSPS) is 17.2. The van der Waals surface area contributed by atoms with Gasteiger partial charge in [-0.1, -0.05) is 25.1 Å². The number of ether oxygens (including phenoxy) is 1. The molecule has 1 saturated heterocycles. The zero-order chi connectivity index (χ0) is 20.1. The topological polar surface area (TPSA) is 58.6 Å². The number of hydrogen-bond acceptors (Lipinski definition) is 4. The fourth-order valence-electron chi connectivity index (χ4n) is 3.65. The molecular formula is C23H28N2O3. The molecule has 1 heterocycles. The van der Waals surface area contributed by atoms with Crippen LogP contribution in [0.25, 0.3) is 0 Å². The summed E-state index contributed by atoms with van der Waals surface area (Å²) in [5.74, 6) is 0.137. The molecule has 28 heavy (non-hydrogen) atoms. The number of methoxy groups -OCH3 is 1. The summed E-state index contributed by atoms with van der Waals surface area (Å²) in [5.41, 5.74) is 3.72. The van der Waals surface area contributed by atoms with E-state index in [2.05, 4.69) is 17.1 Å². The quantitative estimate of drug-likeness (QED) is 0.787. The van der Waals surface area contributed by atoms with E-state index in [4.69, 9.17) is 4.74 Å². The van der Waals surface area contributed by atoms with Crippen LogP contribution < -0.4 is 5.32 Å². The van der Waals surface area contributed by atoms with Gasteiger partial charge in [-0.05, 0) is 67.6 Å². The van der Waals surface area contributed by atoms with Gasteiger partial charge in [0.2, 0.25) is 0 Å². The molecule has 0 bridgehead atoms. The smallest absolute Gasteiger partial charge is 0.337 e. The number of anilines is 1. The van der Waals surface area contributed by atoms with Gasteiger partial charge in [-0.25, -0.2) is 4.79 Å². The Bertz CT molecular complexity index is 845. The molecule has 0 aliphatic carbocycles. The molecule has 2 aromatic carbocycles. The van der Waals surface area contributed by atoms with Crippen LogP contribution in [0.5, 0.6) is 0 Å². The molecular weight excluding hydrogens is 352 g/mol. The van der Waals surface area contributed by atoms with E-state index in [9.17, 15) is 9.59 Å². The van der Waals surface area contributed by atoms with Crippen LogP contribution >= 0.6 is 0 Å². The number of esters is 1. The Morgan fingerprint density at radius 2 is 1.86 bits per heavy atom. The van der Waals surface area contributed by atoms with Crippen molar-refractivity contribution in [3.05, 3.63) is 64.7 Å². The minimum Gasteiger partial charge on any atom is -0.465 e. The van der Waals surface area contributed by atoms with Gasteiger partial charge in [0, 0.05) is 24.3 Å². The van der Waals surface area contributed by atoms with Crippen LogP contribution in [0, 0.1) is 12.8 Å². The van der Waals surface area contributed by atoms with E-state index in [1.54, 1.807) is 18.2 Å². The second-order valence-electron chi connectivity index (χ2n) is 7.65. The number of hydrogen-bond donors (Lipinski definition) is 1. The monoisotopic (exact) mass is 380 g/mol. The van der Waals surface area contributed by atoms with Crippen LogP contribution in [-0.2, 0) is 11.3 Å². The first kappa shape index (κ1) is 20.1. The average Bonchev–Trinajstić information content (AvgIpc) is 2.69. The Kier molecular flexibility index (Phi) is 6.47. The summed E-state index contributed by atoms with van der Waals surface area (Å²) in [7, 11) is 1.34. The highest BCUT2D eigenvalue weighted by atomic mass is 16.5. The van der Waals surface area contributed by atoms with E-state index in [1.165, 1.54) is 25.5 Å². The number of aryl methyl sites for hydroxylation is 1. The number of amides is 1. The first-order chi connectivity index (χ1) is 13.5. The number of benzene rings is 2. The molecule has 0 radical (unpaired) electrons. The molecule has 0 aromatic heterocycles. The second-order valence-corrected chi connectivity index (χ2v) is 7.65. The molecule has 5 heteroatoms. The molecule has 1 amide bonds. The molecule has 0 spiro atoms. The van der Waals surface area contributed by atoms with Gasteiger partial charge in [-0.3, -0.25) is 9.69 Å². The van der Waals surface area contributed by atoms with Crippen molar-refractivity contribution in [3.63, 3.8) is 0 Å². The maximum Gasteiger partial charge on any atom is 0.337 e.